The third kappa shape index (κ3) is 2.16. The molecule has 106 valence electrons. The van der Waals surface area contributed by atoms with Crippen molar-refractivity contribution in [2.24, 2.45) is 0 Å². The van der Waals surface area contributed by atoms with Gasteiger partial charge in [-0.15, -0.1) is 0 Å². The quantitative estimate of drug-likeness (QED) is 0.863. The highest BCUT2D eigenvalue weighted by Crippen LogP contribution is 2.38. The van der Waals surface area contributed by atoms with Crippen LogP contribution in [-0.4, -0.2) is 34.3 Å². The largest absolute Gasteiger partial charge is 0.340 e. The van der Waals surface area contributed by atoms with Crippen LogP contribution in [0, 0.1) is 0 Å². The summed E-state index contributed by atoms with van der Waals surface area (Å²) in [7, 11) is 0. The highest BCUT2D eigenvalue weighted by atomic mass is 35.5. The van der Waals surface area contributed by atoms with E-state index in [1.165, 1.54) is 5.54 Å². The Balaban J connectivity index is 2.36. The maximum atomic E-state index is 12.8. The zero-order valence-corrected chi connectivity index (χ0v) is 12.3. The predicted octanol–water partition coefficient (Wildman–Crippen LogP) is 2.18. The van der Waals surface area contributed by atoms with Gasteiger partial charge in [-0.1, -0.05) is 37.4 Å². The number of amides is 2. The average Bonchev–Trinajstić information content (AvgIpc) is 2.86. The summed E-state index contributed by atoms with van der Waals surface area (Å²) in [6.07, 6.45) is 5.80. The first kappa shape index (κ1) is 14.4. The first-order valence-electron chi connectivity index (χ1n) is 6.90. The Morgan fingerprint density at radius 1 is 1.37 bits per heavy atom. The predicted molar refractivity (Wildman–Crippen MR) is 74.7 cm³/mol. The van der Waals surface area contributed by atoms with Crippen molar-refractivity contribution in [3.05, 3.63) is 11.6 Å². The number of nitrogens with one attached hydrogen (secondary N) is 1. The van der Waals surface area contributed by atoms with E-state index in [9.17, 15) is 9.59 Å². The summed E-state index contributed by atoms with van der Waals surface area (Å²) in [5.74, 6) is 0.00295. The molecule has 1 atom stereocenters. The van der Waals surface area contributed by atoms with Gasteiger partial charge in [0.05, 0.1) is 0 Å². The lowest BCUT2D eigenvalue weighted by molar-refractivity contribution is -0.161. The van der Waals surface area contributed by atoms with Crippen LogP contribution in [0.4, 0.5) is 0 Å². The normalized spacial score (nSPS) is 30.4. The van der Waals surface area contributed by atoms with E-state index in [2.05, 4.69) is 5.32 Å². The minimum absolute atomic E-state index is 0.0422. The summed E-state index contributed by atoms with van der Waals surface area (Å²) < 4.78 is 0. The van der Waals surface area contributed by atoms with Crippen molar-refractivity contribution in [1.82, 2.24) is 10.2 Å². The molecule has 0 bridgehead atoms. The van der Waals surface area contributed by atoms with E-state index in [0.29, 0.717) is 13.0 Å². The maximum absolute atomic E-state index is 12.8. The molecule has 1 saturated carbocycles. The topological polar surface area (TPSA) is 49.4 Å². The fourth-order valence-electron chi connectivity index (χ4n) is 3.11. The lowest BCUT2D eigenvalue weighted by Gasteiger charge is -2.49. The van der Waals surface area contributed by atoms with Gasteiger partial charge >= 0.3 is 0 Å². The second-order valence-corrected chi connectivity index (χ2v) is 5.90. The summed E-state index contributed by atoms with van der Waals surface area (Å²) in [4.78, 5) is 27.0. The Hall–Kier alpha value is -1.03. The van der Waals surface area contributed by atoms with Gasteiger partial charge in [-0.05, 0) is 26.2 Å². The number of carbonyl (C=O) groups excluding carboxylic acids is 2. The molecule has 1 N–H and O–H groups in total. The fourth-order valence-corrected chi connectivity index (χ4v) is 3.19. The van der Waals surface area contributed by atoms with Crippen molar-refractivity contribution in [1.29, 1.82) is 0 Å². The van der Waals surface area contributed by atoms with Gasteiger partial charge in [-0.3, -0.25) is 9.59 Å². The third-order valence-corrected chi connectivity index (χ3v) is 4.79. The van der Waals surface area contributed by atoms with E-state index in [1.54, 1.807) is 11.0 Å². The molecule has 0 radical (unpaired) electrons. The molecule has 0 aromatic rings. The monoisotopic (exact) mass is 284 g/mol. The van der Waals surface area contributed by atoms with Gasteiger partial charge in [0.1, 0.15) is 11.1 Å². The van der Waals surface area contributed by atoms with E-state index in [0.717, 1.165) is 25.7 Å². The summed E-state index contributed by atoms with van der Waals surface area (Å²) in [6.45, 7) is 4.14. The summed E-state index contributed by atoms with van der Waals surface area (Å²) in [5, 5.41) is 3.00. The smallest absolute Gasteiger partial charge is 0.249 e. The first-order chi connectivity index (χ1) is 9.00. The zero-order chi connectivity index (χ0) is 14.1. The lowest BCUT2D eigenvalue weighted by atomic mass is 9.83. The van der Waals surface area contributed by atoms with Crippen LogP contribution in [0.5, 0.6) is 0 Å². The number of hydrogen-bond donors (Lipinski definition) is 1. The highest BCUT2D eigenvalue weighted by Gasteiger charge is 2.56. The van der Waals surface area contributed by atoms with Gasteiger partial charge < -0.3 is 10.2 Å². The van der Waals surface area contributed by atoms with Gasteiger partial charge in [0.25, 0.3) is 0 Å². The van der Waals surface area contributed by atoms with Crippen molar-refractivity contribution in [3.8, 4) is 0 Å². The summed E-state index contributed by atoms with van der Waals surface area (Å²) >= 11 is 5.57. The van der Waals surface area contributed by atoms with Crippen LogP contribution < -0.4 is 5.32 Å². The fraction of sp³-hybridized carbons (Fsp3) is 0.714. The first-order valence-corrected chi connectivity index (χ1v) is 7.34. The van der Waals surface area contributed by atoms with Gasteiger partial charge in [-0.2, -0.15) is 0 Å². The second kappa shape index (κ2) is 5.16. The molecule has 1 aliphatic carbocycles. The van der Waals surface area contributed by atoms with Gasteiger partial charge in [0.2, 0.25) is 11.8 Å². The Morgan fingerprint density at radius 3 is 2.53 bits per heavy atom. The molecule has 19 heavy (non-hydrogen) atoms. The van der Waals surface area contributed by atoms with Crippen LogP contribution in [0.15, 0.2) is 11.6 Å². The third-order valence-electron chi connectivity index (χ3n) is 4.61. The molecule has 1 aliphatic heterocycles. The molecule has 0 aromatic heterocycles. The van der Waals surface area contributed by atoms with Crippen LogP contribution in [0.25, 0.3) is 0 Å². The van der Waals surface area contributed by atoms with Crippen LogP contribution >= 0.6 is 11.6 Å². The molecule has 1 unspecified atom stereocenters. The number of hydrogen-bond acceptors (Lipinski definition) is 2. The molecule has 1 spiro atoms. The molecule has 4 nitrogen and oxygen atoms in total. The van der Waals surface area contributed by atoms with Crippen LogP contribution in [0.3, 0.4) is 0 Å². The van der Waals surface area contributed by atoms with Crippen molar-refractivity contribution in [2.75, 3.05) is 6.54 Å². The van der Waals surface area contributed by atoms with Gasteiger partial charge in [-0.25, -0.2) is 0 Å². The van der Waals surface area contributed by atoms with Crippen LogP contribution in [0.1, 0.15) is 46.0 Å². The Kier molecular flexibility index (Phi) is 3.90. The van der Waals surface area contributed by atoms with Crippen molar-refractivity contribution < 1.29 is 9.59 Å². The van der Waals surface area contributed by atoms with E-state index < -0.39 is 11.1 Å². The van der Waals surface area contributed by atoms with E-state index in [4.69, 9.17) is 11.6 Å². The Labute approximate surface area is 119 Å². The van der Waals surface area contributed by atoms with Crippen molar-refractivity contribution >= 4 is 23.4 Å². The molecule has 1 saturated heterocycles. The van der Waals surface area contributed by atoms with E-state index in [1.807, 2.05) is 13.8 Å². The average molecular weight is 285 g/mol. The Morgan fingerprint density at radius 2 is 2.00 bits per heavy atom. The van der Waals surface area contributed by atoms with Gasteiger partial charge in [0.15, 0.2) is 0 Å². The molecule has 2 rings (SSSR count). The number of carbonyl (C=O) groups is 2. The Bertz CT molecular complexity index is 416. The number of halogens is 1. The minimum Gasteiger partial charge on any atom is -0.340 e. The standard InChI is InChI=1S/C14H21ClN2O2/c1-3-13(2)11(18)16-14(7-4-5-8-14)12(19)17(13)10-6-9-15/h6,9H,3-5,7-8,10H2,1-2H3,(H,16,18)/b9-6+. The molecule has 2 aliphatic rings. The zero-order valence-electron chi connectivity index (χ0n) is 11.5. The number of rotatable bonds is 3. The molecule has 0 aromatic carbocycles. The molecule has 2 amide bonds. The number of nitrogens with zero attached hydrogens (tertiary/aromatic N) is 1. The minimum atomic E-state index is -0.776. The molecular formula is C14H21ClN2O2. The van der Waals surface area contributed by atoms with E-state index in [-0.39, 0.29) is 11.8 Å². The van der Waals surface area contributed by atoms with Crippen molar-refractivity contribution in [3.63, 3.8) is 0 Å². The second-order valence-electron chi connectivity index (χ2n) is 5.65. The maximum Gasteiger partial charge on any atom is 0.249 e. The van der Waals surface area contributed by atoms with E-state index >= 15 is 0 Å². The SMILES string of the molecule is CCC1(C)C(=O)NC2(CCCC2)C(=O)N1C/C=C/Cl. The van der Waals surface area contributed by atoms with Crippen LogP contribution in [0.2, 0.25) is 0 Å². The summed E-state index contributed by atoms with van der Waals surface area (Å²) in [6, 6.07) is 0. The van der Waals surface area contributed by atoms with Crippen LogP contribution in [-0.2, 0) is 9.59 Å². The highest BCUT2D eigenvalue weighted by molar-refractivity contribution is 6.25. The molecule has 1 heterocycles. The van der Waals surface area contributed by atoms with Crippen molar-refractivity contribution in [2.45, 2.75) is 57.0 Å². The lowest BCUT2D eigenvalue weighted by Crippen LogP contribution is -2.74. The summed E-state index contributed by atoms with van der Waals surface area (Å²) in [5.41, 5.74) is -0.0373. The van der Waals surface area contributed by atoms with Gasteiger partial charge in [0, 0.05) is 12.1 Å². The molecule has 2 fully saturated rings. The molecular weight excluding hydrogens is 264 g/mol. The number of piperazine rings is 1. The molecule has 5 heteroatoms.